The van der Waals surface area contributed by atoms with Gasteiger partial charge in [0.05, 0.1) is 12.1 Å². The maximum atomic E-state index is 12.0. The highest BCUT2D eigenvalue weighted by molar-refractivity contribution is 8.00. The molecule has 0 aliphatic carbocycles. The number of unbranched alkanes of at least 4 members (excludes halogenated alkanes) is 1. The molecule has 0 bridgehead atoms. The number of guanidine groups is 1. The van der Waals surface area contributed by atoms with Gasteiger partial charge in [0.25, 0.3) is 0 Å². The quantitative estimate of drug-likeness (QED) is 0.698. The van der Waals surface area contributed by atoms with Gasteiger partial charge in [0.2, 0.25) is 5.91 Å². The zero-order chi connectivity index (χ0) is 16.2. The van der Waals surface area contributed by atoms with Crippen molar-refractivity contribution >= 4 is 29.3 Å². The molecule has 124 valence electrons. The topological polar surface area (TPSA) is 79.5 Å². The van der Waals surface area contributed by atoms with Crippen molar-refractivity contribution in [2.45, 2.75) is 49.9 Å². The van der Waals surface area contributed by atoms with Gasteiger partial charge in [-0.05, 0) is 31.9 Å². The van der Waals surface area contributed by atoms with Gasteiger partial charge < -0.3 is 16.4 Å². The Morgan fingerprint density at radius 2 is 2.17 bits per heavy atom. The Labute approximate surface area is 141 Å². The summed E-state index contributed by atoms with van der Waals surface area (Å²) in [6.07, 6.45) is 3.64. The van der Waals surface area contributed by atoms with E-state index in [4.69, 9.17) is 5.73 Å². The van der Waals surface area contributed by atoms with Crippen molar-refractivity contribution in [3.05, 3.63) is 29.8 Å². The highest BCUT2D eigenvalue weighted by Gasteiger charge is 2.39. The molecule has 0 spiro atoms. The number of fused-ring (bicyclic) bond motifs is 1. The third kappa shape index (κ3) is 4.19. The number of hydrogen-bond donors (Lipinski definition) is 3. The Morgan fingerprint density at radius 1 is 1.39 bits per heavy atom. The minimum atomic E-state index is 0.0932. The number of thioether (sulfide) groups is 1. The van der Waals surface area contributed by atoms with Gasteiger partial charge in [0.1, 0.15) is 0 Å². The molecule has 1 saturated heterocycles. The molecular weight excluding hydrogens is 308 g/mol. The predicted molar refractivity (Wildman–Crippen MR) is 96.9 cm³/mol. The van der Waals surface area contributed by atoms with Crippen LogP contribution in [-0.4, -0.2) is 35.0 Å². The number of rotatable bonds is 6. The van der Waals surface area contributed by atoms with Gasteiger partial charge in [0.15, 0.2) is 5.96 Å². The predicted octanol–water partition coefficient (Wildman–Crippen LogP) is 2.26. The van der Waals surface area contributed by atoms with Gasteiger partial charge in [-0.3, -0.25) is 4.79 Å². The second kappa shape index (κ2) is 7.25. The second-order valence-electron chi connectivity index (χ2n) is 6.29. The van der Waals surface area contributed by atoms with Gasteiger partial charge in [0, 0.05) is 23.1 Å². The molecule has 1 fully saturated rings. The number of amides is 1. The van der Waals surface area contributed by atoms with Crippen LogP contribution < -0.4 is 16.4 Å². The van der Waals surface area contributed by atoms with E-state index in [-0.39, 0.29) is 5.91 Å². The smallest absolute Gasteiger partial charge is 0.224 e. The Morgan fingerprint density at radius 3 is 2.96 bits per heavy atom. The third-order valence-corrected chi connectivity index (χ3v) is 5.88. The number of nitrogens with one attached hydrogen (secondary N) is 2. The van der Waals surface area contributed by atoms with E-state index in [2.05, 4.69) is 15.6 Å². The van der Waals surface area contributed by atoms with Crippen molar-refractivity contribution in [1.82, 2.24) is 5.32 Å². The van der Waals surface area contributed by atoms with E-state index in [9.17, 15) is 4.79 Å². The van der Waals surface area contributed by atoms with E-state index in [1.54, 1.807) is 0 Å². The number of nitrogens with two attached hydrogens (primary N) is 1. The summed E-state index contributed by atoms with van der Waals surface area (Å²) >= 11 is 1.97. The molecule has 3 unspecified atom stereocenters. The van der Waals surface area contributed by atoms with Crippen LogP contribution in [0.2, 0.25) is 0 Å². The molecule has 6 heteroatoms. The fourth-order valence-electron chi connectivity index (χ4n) is 3.12. The molecule has 4 N–H and O–H groups in total. The minimum Gasteiger partial charge on any atom is -0.370 e. The van der Waals surface area contributed by atoms with Crippen LogP contribution in [-0.2, 0) is 4.79 Å². The van der Waals surface area contributed by atoms with Crippen LogP contribution in [0.15, 0.2) is 29.3 Å². The molecule has 3 atom stereocenters. The summed E-state index contributed by atoms with van der Waals surface area (Å²) in [5.74, 6) is 1.76. The van der Waals surface area contributed by atoms with Crippen LogP contribution in [0.5, 0.6) is 0 Å². The summed E-state index contributed by atoms with van der Waals surface area (Å²) < 4.78 is 0. The summed E-state index contributed by atoms with van der Waals surface area (Å²) in [7, 11) is 0. The lowest BCUT2D eigenvalue weighted by Crippen LogP contribution is -2.38. The van der Waals surface area contributed by atoms with Crippen molar-refractivity contribution in [3.8, 4) is 0 Å². The fourth-order valence-corrected chi connectivity index (χ4v) is 4.63. The van der Waals surface area contributed by atoms with Crippen LogP contribution in [0.1, 0.15) is 31.2 Å². The number of nitrogens with zero attached hydrogens (tertiary/aromatic N) is 1. The molecule has 2 aliphatic heterocycles. The lowest BCUT2D eigenvalue weighted by atomic mass is 10.0. The molecule has 3 rings (SSSR count). The Bertz CT molecular complexity index is 587. The largest absolute Gasteiger partial charge is 0.370 e. The minimum absolute atomic E-state index is 0.0932. The van der Waals surface area contributed by atoms with Crippen molar-refractivity contribution in [2.24, 2.45) is 10.7 Å². The van der Waals surface area contributed by atoms with Gasteiger partial charge in [-0.2, -0.15) is 11.8 Å². The number of aliphatic imine (C=N–C) groups is 1. The van der Waals surface area contributed by atoms with Crippen LogP contribution in [0, 0.1) is 6.92 Å². The van der Waals surface area contributed by atoms with Crippen molar-refractivity contribution in [2.75, 3.05) is 11.1 Å². The molecule has 2 aliphatic rings. The first-order valence-corrected chi connectivity index (χ1v) is 9.24. The van der Waals surface area contributed by atoms with Gasteiger partial charge in [-0.15, -0.1) is 0 Å². The van der Waals surface area contributed by atoms with E-state index < -0.39 is 0 Å². The second-order valence-corrected chi connectivity index (χ2v) is 7.56. The van der Waals surface area contributed by atoms with Gasteiger partial charge in [-0.25, -0.2) is 4.99 Å². The zero-order valence-corrected chi connectivity index (χ0v) is 14.2. The number of anilines is 1. The number of benzene rings is 1. The number of hydrogen-bond acceptors (Lipinski definition) is 5. The molecular formula is C17H24N4OS. The first kappa shape index (κ1) is 16.2. The van der Waals surface area contributed by atoms with E-state index in [0.29, 0.717) is 29.7 Å². The molecule has 0 radical (unpaired) electrons. The molecule has 0 saturated carbocycles. The zero-order valence-electron chi connectivity index (χ0n) is 13.4. The normalized spacial score (nSPS) is 25.6. The SMILES string of the molecule is Cc1ccc(NC(=O)CCCCC2SCC3NC(N)=NC32)cc1. The molecule has 1 aromatic rings. The number of aryl methyl sites for hydroxylation is 1. The Kier molecular flexibility index (Phi) is 5.10. The molecule has 1 amide bonds. The first-order valence-electron chi connectivity index (χ1n) is 8.20. The molecule has 5 nitrogen and oxygen atoms in total. The summed E-state index contributed by atoms with van der Waals surface area (Å²) in [5, 5.41) is 6.71. The first-order chi connectivity index (χ1) is 11.1. The van der Waals surface area contributed by atoms with E-state index in [1.165, 1.54) is 5.56 Å². The van der Waals surface area contributed by atoms with Gasteiger partial charge >= 0.3 is 0 Å². The van der Waals surface area contributed by atoms with E-state index in [1.807, 2.05) is 43.0 Å². The molecule has 0 aromatic heterocycles. The van der Waals surface area contributed by atoms with Crippen LogP contribution in [0.3, 0.4) is 0 Å². The maximum absolute atomic E-state index is 12.0. The molecule has 1 aromatic carbocycles. The Hall–Kier alpha value is -1.69. The third-order valence-electron chi connectivity index (χ3n) is 4.38. The summed E-state index contributed by atoms with van der Waals surface area (Å²) in [5.41, 5.74) is 7.81. The fraction of sp³-hybridized carbons (Fsp3) is 0.529. The molecule has 2 heterocycles. The van der Waals surface area contributed by atoms with Crippen molar-refractivity contribution in [1.29, 1.82) is 0 Å². The number of carbonyl (C=O) groups excluding carboxylic acids is 1. The lowest BCUT2D eigenvalue weighted by molar-refractivity contribution is -0.116. The van der Waals surface area contributed by atoms with E-state index in [0.717, 1.165) is 30.7 Å². The highest BCUT2D eigenvalue weighted by Crippen LogP contribution is 2.35. The van der Waals surface area contributed by atoms with Crippen LogP contribution in [0.4, 0.5) is 5.69 Å². The molecule has 23 heavy (non-hydrogen) atoms. The summed E-state index contributed by atoms with van der Waals surface area (Å²) in [6, 6.07) is 8.63. The average molecular weight is 332 g/mol. The standard InChI is InChI=1S/C17H24N4OS/c1-11-6-8-12(9-7-11)19-15(22)5-3-2-4-14-16-13(10-23-14)20-17(18)21-16/h6-9,13-14,16H,2-5,10H2,1H3,(H,19,22)(H3,18,20,21). The monoisotopic (exact) mass is 332 g/mol. The summed E-state index contributed by atoms with van der Waals surface area (Å²) in [6.45, 7) is 2.04. The van der Waals surface area contributed by atoms with Crippen LogP contribution in [0.25, 0.3) is 0 Å². The lowest BCUT2D eigenvalue weighted by Gasteiger charge is -2.14. The number of carbonyl (C=O) groups is 1. The highest BCUT2D eigenvalue weighted by atomic mass is 32.2. The summed E-state index contributed by atoms with van der Waals surface area (Å²) in [4.78, 5) is 16.4. The van der Waals surface area contributed by atoms with E-state index >= 15 is 0 Å². The van der Waals surface area contributed by atoms with Gasteiger partial charge in [-0.1, -0.05) is 24.1 Å². The van der Waals surface area contributed by atoms with Crippen molar-refractivity contribution in [3.63, 3.8) is 0 Å². The Balaban J connectivity index is 1.35. The van der Waals surface area contributed by atoms with Crippen molar-refractivity contribution < 1.29 is 4.79 Å². The van der Waals surface area contributed by atoms with Crippen LogP contribution >= 0.6 is 11.8 Å². The maximum Gasteiger partial charge on any atom is 0.224 e. The average Bonchev–Trinajstić information content (AvgIpc) is 3.06.